The minimum Gasteiger partial charge on any atom is -0.384 e. The zero-order valence-electron chi connectivity index (χ0n) is 14.1. The Morgan fingerprint density at radius 3 is 2.85 bits per heavy atom. The Hall–Kier alpha value is -1.75. The van der Waals surface area contributed by atoms with Crippen LogP contribution in [0.3, 0.4) is 0 Å². The first kappa shape index (κ1) is 17.7. The lowest BCUT2D eigenvalue weighted by Gasteiger charge is -2.27. The van der Waals surface area contributed by atoms with Crippen molar-refractivity contribution >= 4 is 16.7 Å². The number of halogens is 3. The predicted molar refractivity (Wildman–Crippen MR) is 86.3 cm³/mol. The molecule has 11 heteroatoms. The van der Waals surface area contributed by atoms with Crippen molar-refractivity contribution < 1.29 is 22.4 Å². The SMILES string of the molecule is COCCc1nsc(N2CCC(c3nc(C4CC4)no3)(C(F)(F)F)C2)n1. The van der Waals surface area contributed by atoms with Gasteiger partial charge in [-0.2, -0.15) is 22.5 Å². The van der Waals surface area contributed by atoms with E-state index in [1.807, 2.05) is 0 Å². The van der Waals surface area contributed by atoms with Gasteiger partial charge in [-0.25, -0.2) is 4.98 Å². The summed E-state index contributed by atoms with van der Waals surface area (Å²) in [5, 5.41) is 4.25. The molecule has 0 radical (unpaired) electrons. The van der Waals surface area contributed by atoms with E-state index in [0.29, 0.717) is 29.8 Å². The minimum atomic E-state index is -4.49. The highest BCUT2D eigenvalue weighted by Crippen LogP contribution is 2.49. The van der Waals surface area contributed by atoms with Crippen LogP contribution in [0.1, 0.15) is 42.7 Å². The maximum atomic E-state index is 14.0. The summed E-state index contributed by atoms with van der Waals surface area (Å²) in [5.41, 5.74) is -2.16. The van der Waals surface area contributed by atoms with Crippen LogP contribution in [0.15, 0.2) is 4.52 Å². The molecule has 0 amide bonds. The number of hydrogen-bond donors (Lipinski definition) is 0. The van der Waals surface area contributed by atoms with Gasteiger partial charge in [0, 0.05) is 44.1 Å². The number of aromatic nitrogens is 4. The molecule has 0 spiro atoms. The van der Waals surface area contributed by atoms with Gasteiger partial charge < -0.3 is 14.2 Å². The molecule has 1 aliphatic heterocycles. The first-order chi connectivity index (χ1) is 12.4. The van der Waals surface area contributed by atoms with E-state index in [4.69, 9.17) is 9.26 Å². The van der Waals surface area contributed by atoms with Crippen molar-refractivity contribution in [3.05, 3.63) is 17.5 Å². The van der Waals surface area contributed by atoms with Gasteiger partial charge in [0.05, 0.1) is 6.61 Å². The van der Waals surface area contributed by atoms with Crippen LogP contribution in [0, 0.1) is 0 Å². The van der Waals surface area contributed by atoms with Crippen LogP contribution in [-0.2, 0) is 16.6 Å². The second-order valence-corrected chi connectivity index (χ2v) is 7.45. The Kier molecular flexibility index (Phi) is 4.38. The van der Waals surface area contributed by atoms with Crippen LogP contribution in [0.5, 0.6) is 0 Å². The molecule has 4 rings (SSSR count). The van der Waals surface area contributed by atoms with Gasteiger partial charge in [-0.1, -0.05) is 5.16 Å². The lowest BCUT2D eigenvalue weighted by molar-refractivity contribution is -0.191. The number of nitrogens with zero attached hydrogens (tertiary/aromatic N) is 5. The summed E-state index contributed by atoms with van der Waals surface area (Å²) < 4.78 is 56.2. The zero-order chi connectivity index (χ0) is 18.4. The topological polar surface area (TPSA) is 77.2 Å². The van der Waals surface area contributed by atoms with E-state index in [0.717, 1.165) is 24.4 Å². The van der Waals surface area contributed by atoms with Gasteiger partial charge in [0.15, 0.2) is 11.2 Å². The van der Waals surface area contributed by atoms with Crippen LogP contribution in [0.2, 0.25) is 0 Å². The lowest BCUT2D eigenvalue weighted by Crippen LogP contribution is -2.45. The molecule has 2 aromatic rings. The smallest absolute Gasteiger partial charge is 0.384 e. The van der Waals surface area contributed by atoms with Gasteiger partial charge in [0.1, 0.15) is 5.82 Å². The van der Waals surface area contributed by atoms with Crippen molar-refractivity contribution in [1.82, 2.24) is 19.5 Å². The molecule has 0 bridgehead atoms. The molecular formula is C15H18F3N5O2S. The number of ether oxygens (including phenoxy) is 1. The Morgan fingerprint density at radius 2 is 2.15 bits per heavy atom. The van der Waals surface area contributed by atoms with Gasteiger partial charge in [0.2, 0.25) is 11.0 Å². The third kappa shape index (κ3) is 3.07. The van der Waals surface area contributed by atoms with E-state index in [1.165, 1.54) is 0 Å². The second kappa shape index (κ2) is 6.45. The van der Waals surface area contributed by atoms with Crippen molar-refractivity contribution in [3.8, 4) is 0 Å². The number of anilines is 1. The van der Waals surface area contributed by atoms with Crippen LogP contribution in [0.4, 0.5) is 18.3 Å². The lowest BCUT2D eigenvalue weighted by atomic mass is 9.86. The molecule has 1 aliphatic carbocycles. The Bertz CT molecular complexity index is 775. The fourth-order valence-corrected chi connectivity index (χ4v) is 3.84. The average Bonchev–Trinajstić information content (AvgIpc) is 3.05. The van der Waals surface area contributed by atoms with Crippen molar-refractivity contribution in [1.29, 1.82) is 0 Å². The number of hydrogen-bond acceptors (Lipinski definition) is 8. The van der Waals surface area contributed by atoms with Gasteiger partial charge in [0.25, 0.3) is 0 Å². The van der Waals surface area contributed by atoms with Crippen LogP contribution in [0.25, 0.3) is 0 Å². The summed E-state index contributed by atoms with van der Waals surface area (Å²) in [6, 6.07) is 0. The highest BCUT2D eigenvalue weighted by molar-refractivity contribution is 7.09. The number of methoxy groups -OCH3 is 1. The van der Waals surface area contributed by atoms with Crippen LogP contribution >= 0.6 is 11.5 Å². The maximum absolute atomic E-state index is 14.0. The van der Waals surface area contributed by atoms with Crippen molar-refractivity contribution in [3.63, 3.8) is 0 Å². The second-order valence-electron chi connectivity index (χ2n) is 6.72. The predicted octanol–water partition coefficient (Wildman–Crippen LogP) is 2.70. The molecule has 0 aromatic carbocycles. The largest absolute Gasteiger partial charge is 0.405 e. The van der Waals surface area contributed by atoms with E-state index >= 15 is 0 Å². The molecule has 1 atom stereocenters. The van der Waals surface area contributed by atoms with Crippen LogP contribution < -0.4 is 4.90 Å². The van der Waals surface area contributed by atoms with Gasteiger partial charge >= 0.3 is 6.18 Å². The van der Waals surface area contributed by atoms with E-state index in [9.17, 15) is 13.2 Å². The molecule has 3 heterocycles. The summed E-state index contributed by atoms with van der Waals surface area (Å²) >= 11 is 1.10. The minimum absolute atomic E-state index is 0.141. The summed E-state index contributed by atoms with van der Waals surface area (Å²) in [7, 11) is 1.58. The molecule has 1 unspecified atom stereocenters. The quantitative estimate of drug-likeness (QED) is 0.752. The molecule has 26 heavy (non-hydrogen) atoms. The zero-order valence-corrected chi connectivity index (χ0v) is 14.9. The number of rotatable bonds is 6. The van der Waals surface area contributed by atoms with Gasteiger partial charge in [-0.15, -0.1) is 0 Å². The maximum Gasteiger partial charge on any atom is 0.405 e. The Morgan fingerprint density at radius 1 is 1.35 bits per heavy atom. The van der Waals surface area contributed by atoms with Crippen molar-refractivity contribution in [2.75, 3.05) is 31.7 Å². The standard InChI is InChI=1S/C15H18F3N5O2S/c1-24-7-4-10-19-13(26-22-10)23-6-5-14(8-23,15(16,17)18)12-20-11(21-25-12)9-2-3-9/h9H,2-8H2,1H3. The normalized spacial score (nSPS) is 23.8. The summed E-state index contributed by atoms with van der Waals surface area (Å²) in [6.07, 6.45) is -2.30. The third-order valence-electron chi connectivity index (χ3n) is 4.86. The van der Waals surface area contributed by atoms with Crippen molar-refractivity contribution in [2.45, 2.75) is 43.2 Å². The van der Waals surface area contributed by atoms with E-state index in [1.54, 1.807) is 12.0 Å². The monoisotopic (exact) mass is 389 g/mol. The first-order valence-electron chi connectivity index (χ1n) is 8.40. The Balaban J connectivity index is 1.57. The molecule has 1 saturated carbocycles. The summed E-state index contributed by atoms with van der Waals surface area (Å²) in [4.78, 5) is 10.0. The van der Waals surface area contributed by atoms with Crippen LogP contribution in [-0.4, -0.2) is 52.5 Å². The fourth-order valence-electron chi connectivity index (χ4n) is 3.10. The molecular weight excluding hydrogens is 371 g/mol. The fraction of sp³-hybridized carbons (Fsp3) is 0.733. The summed E-state index contributed by atoms with van der Waals surface area (Å²) in [5.74, 6) is 0.769. The molecule has 1 saturated heterocycles. The molecule has 2 aliphatic rings. The first-order valence-corrected chi connectivity index (χ1v) is 9.17. The molecule has 2 fully saturated rings. The van der Waals surface area contributed by atoms with Gasteiger partial charge in [-0.3, -0.25) is 0 Å². The third-order valence-corrected chi connectivity index (χ3v) is 5.68. The molecule has 7 nitrogen and oxygen atoms in total. The molecule has 0 N–H and O–H groups in total. The van der Waals surface area contributed by atoms with E-state index < -0.39 is 11.6 Å². The molecule has 2 aromatic heterocycles. The Labute approximate surface area is 151 Å². The average molecular weight is 389 g/mol. The highest BCUT2D eigenvalue weighted by atomic mass is 32.1. The summed E-state index contributed by atoms with van der Waals surface area (Å²) in [6.45, 7) is 0.385. The van der Waals surface area contributed by atoms with E-state index in [-0.39, 0.29) is 31.3 Å². The van der Waals surface area contributed by atoms with E-state index in [2.05, 4.69) is 19.5 Å². The number of alkyl halides is 3. The highest BCUT2D eigenvalue weighted by Gasteiger charge is 2.63. The van der Waals surface area contributed by atoms with Gasteiger partial charge in [-0.05, 0) is 19.3 Å². The van der Waals surface area contributed by atoms with Crippen molar-refractivity contribution in [2.24, 2.45) is 0 Å². The molecule has 142 valence electrons.